The first kappa shape index (κ1) is 19.7. The highest BCUT2D eigenvalue weighted by atomic mass is 16.6. The Morgan fingerprint density at radius 3 is 2.03 bits per heavy atom. The average molecular weight is 413 g/mol. The highest BCUT2D eigenvalue weighted by molar-refractivity contribution is 6.13. The van der Waals surface area contributed by atoms with Gasteiger partial charge in [-0.3, -0.25) is 29.9 Å². The number of nitro groups is 2. The van der Waals surface area contributed by atoms with Crippen LogP contribution in [0.2, 0.25) is 0 Å². The summed E-state index contributed by atoms with van der Waals surface area (Å²) >= 11 is 0. The molecule has 4 rings (SSSR count). The van der Waals surface area contributed by atoms with E-state index in [9.17, 15) is 25.0 Å². The van der Waals surface area contributed by atoms with E-state index in [2.05, 4.69) is 0 Å². The van der Waals surface area contributed by atoms with E-state index in [1.54, 1.807) is 36.4 Å². The zero-order chi connectivity index (χ0) is 22.0. The second-order valence-electron chi connectivity index (χ2n) is 6.72. The highest BCUT2D eigenvalue weighted by Crippen LogP contribution is 2.33. The lowest BCUT2D eigenvalue weighted by atomic mass is 10.1. The summed E-state index contributed by atoms with van der Waals surface area (Å²) in [6.45, 7) is 0. The minimum Gasteiger partial charge on any atom is -0.277 e. The maximum Gasteiger partial charge on any atom is 0.289 e. The van der Waals surface area contributed by atoms with Gasteiger partial charge in [-0.05, 0) is 41.1 Å². The molecule has 0 bridgehead atoms. The van der Waals surface area contributed by atoms with E-state index in [0.717, 1.165) is 29.0 Å². The summed E-state index contributed by atoms with van der Waals surface area (Å²) in [5, 5.41) is 24.5. The maximum absolute atomic E-state index is 13.5. The van der Waals surface area contributed by atoms with E-state index in [1.165, 1.54) is 4.90 Å². The number of amides is 1. The van der Waals surface area contributed by atoms with Gasteiger partial charge in [0.05, 0.1) is 15.9 Å². The van der Waals surface area contributed by atoms with Crippen LogP contribution in [-0.4, -0.2) is 15.8 Å². The summed E-state index contributed by atoms with van der Waals surface area (Å²) in [5.74, 6) is -0.664. The zero-order valence-corrected chi connectivity index (χ0v) is 16.0. The van der Waals surface area contributed by atoms with Crippen molar-refractivity contribution >= 4 is 39.4 Å². The number of benzene rings is 4. The Labute approximate surface area is 176 Å². The second-order valence-corrected chi connectivity index (χ2v) is 6.72. The van der Waals surface area contributed by atoms with Crippen LogP contribution in [0.5, 0.6) is 0 Å². The Morgan fingerprint density at radius 2 is 1.35 bits per heavy atom. The van der Waals surface area contributed by atoms with Gasteiger partial charge in [0.15, 0.2) is 0 Å². The van der Waals surface area contributed by atoms with Crippen molar-refractivity contribution < 1.29 is 14.6 Å². The number of hydrogen-bond donors (Lipinski definition) is 0. The normalized spacial score (nSPS) is 10.6. The highest BCUT2D eigenvalue weighted by Gasteiger charge is 2.29. The number of hydrogen-bond acceptors (Lipinski definition) is 5. The van der Waals surface area contributed by atoms with E-state index in [0.29, 0.717) is 11.4 Å². The molecule has 0 aliphatic heterocycles. The van der Waals surface area contributed by atoms with Gasteiger partial charge in [-0.15, -0.1) is 0 Å². The number of carbonyl (C=O) groups is 1. The number of para-hydroxylation sites is 1. The molecule has 4 aromatic rings. The third-order valence-corrected chi connectivity index (χ3v) is 4.83. The number of carbonyl (C=O) groups excluding carboxylic acids is 1. The van der Waals surface area contributed by atoms with Crippen LogP contribution in [0.25, 0.3) is 10.8 Å². The van der Waals surface area contributed by atoms with Crippen LogP contribution in [0.3, 0.4) is 0 Å². The van der Waals surface area contributed by atoms with Crippen LogP contribution in [0.1, 0.15) is 10.4 Å². The first-order valence-corrected chi connectivity index (χ1v) is 9.27. The SMILES string of the molecule is O=C(c1ccc([N+](=O)[O-])cc1[N+](=O)[O-])N(c1ccccc1)c1ccc2ccccc2c1. The van der Waals surface area contributed by atoms with Gasteiger partial charge in [0, 0.05) is 17.4 Å². The molecule has 0 aliphatic carbocycles. The molecule has 0 aromatic heterocycles. The molecule has 0 unspecified atom stereocenters. The molecule has 0 aliphatic rings. The molecule has 0 saturated heterocycles. The summed E-state index contributed by atoms with van der Waals surface area (Å²) in [4.78, 5) is 36.0. The number of anilines is 2. The van der Waals surface area contributed by atoms with Crippen LogP contribution in [-0.2, 0) is 0 Å². The van der Waals surface area contributed by atoms with Crippen molar-refractivity contribution in [3.63, 3.8) is 0 Å². The number of nitrogens with zero attached hydrogens (tertiary/aromatic N) is 3. The fourth-order valence-corrected chi connectivity index (χ4v) is 3.36. The second kappa shape index (κ2) is 8.03. The molecule has 1 amide bonds. The molecule has 8 nitrogen and oxygen atoms in total. The van der Waals surface area contributed by atoms with Gasteiger partial charge in [0.1, 0.15) is 5.56 Å². The van der Waals surface area contributed by atoms with Gasteiger partial charge >= 0.3 is 0 Å². The summed E-state index contributed by atoms with van der Waals surface area (Å²) < 4.78 is 0. The Bertz CT molecular complexity index is 1320. The monoisotopic (exact) mass is 413 g/mol. The van der Waals surface area contributed by atoms with Crippen LogP contribution in [0.15, 0.2) is 91.0 Å². The third-order valence-electron chi connectivity index (χ3n) is 4.83. The number of fused-ring (bicyclic) bond motifs is 1. The molecule has 0 spiro atoms. The van der Waals surface area contributed by atoms with Crippen LogP contribution in [0.4, 0.5) is 22.7 Å². The summed E-state index contributed by atoms with van der Waals surface area (Å²) in [5.41, 5.74) is -0.299. The average Bonchev–Trinajstić information content (AvgIpc) is 2.79. The summed E-state index contributed by atoms with van der Waals surface area (Å²) in [7, 11) is 0. The molecule has 0 atom stereocenters. The molecular weight excluding hydrogens is 398 g/mol. The molecule has 31 heavy (non-hydrogen) atoms. The van der Waals surface area contributed by atoms with Crippen molar-refractivity contribution in [2.75, 3.05) is 4.90 Å². The number of non-ortho nitro benzene ring substituents is 1. The van der Waals surface area contributed by atoms with E-state index >= 15 is 0 Å². The topological polar surface area (TPSA) is 107 Å². The van der Waals surface area contributed by atoms with Crippen molar-refractivity contribution in [1.29, 1.82) is 0 Å². The van der Waals surface area contributed by atoms with E-state index in [-0.39, 0.29) is 5.56 Å². The Kier molecular flexibility index (Phi) is 5.11. The van der Waals surface area contributed by atoms with E-state index < -0.39 is 27.1 Å². The number of nitro benzene ring substituents is 2. The van der Waals surface area contributed by atoms with Crippen molar-refractivity contribution in [2.45, 2.75) is 0 Å². The molecule has 4 aromatic carbocycles. The third kappa shape index (κ3) is 3.82. The predicted octanol–water partition coefficient (Wildman–Crippen LogP) is 5.63. The number of rotatable bonds is 5. The quantitative estimate of drug-likeness (QED) is 0.311. The molecule has 0 heterocycles. The van der Waals surface area contributed by atoms with E-state index in [4.69, 9.17) is 0 Å². The predicted molar refractivity (Wildman–Crippen MR) is 117 cm³/mol. The lowest BCUT2D eigenvalue weighted by molar-refractivity contribution is -0.394. The maximum atomic E-state index is 13.5. The minimum atomic E-state index is -0.788. The van der Waals surface area contributed by atoms with Gasteiger partial charge < -0.3 is 0 Å². The van der Waals surface area contributed by atoms with Crippen LogP contribution >= 0.6 is 0 Å². The Balaban J connectivity index is 1.89. The summed E-state index contributed by atoms with van der Waals surface area (Å²) in [6.07, 6.45) is 0. The molecule has 8 heteroatoms. The molecule has 0 radical (unpaired) electrons. The molecule has 0 N–H and O–H groups in total. The Hall–Kier alpha value is -4.59. The van der Waals surface area contributed by atoms with Crippen LogP contribution < -0.4 is 4.90 Å². The molecule has 0 fully saturated rings. The first-order chi connectivity index (χ1) is 15.0. The first-order valence-electron chi connectivity index (χ1n) is 9.27. The zero-order valence-electron chi connectivity index (χ0n) is 16.0. The van der Waals surface area contributed by atoms with Crippen molar-refractivity contribution in [1.82, 2.24) is 0 Å². The van der Waals surface area contributed by atoms with Gasteiger partial charge in [0.25, 0.3) is 17.3 Å². The molecule has 0 saturated carbocycles. The fourth-order valence-electron chi connectivity index (χ4n) is 3.36. The van der Waals surface area contributed by atoms with E-state index in [1.807, 2.05) is 36.4 Å². The lowest BCUT2D eigenvalue weighted by Crippen LogP contribution is -2.26. The van der Waals surface area contributed by atoms with Gasteiger partial charge in [-0.1, -0.05) is 48.5 Å². The fraction of sp³-hybridized carbons (Fsp3) is 0. The van der Waals surface area contributed by atoms with Gasteiger partial charge in [-0.2, -0.15) is 0 Å². The molecular formula is C23H15N3O5. The van der Waals surface area contributed by atoms with Gasteiger partial charge in [0.2, 0.25) is 0 Å². The minimum absolute atomic E-state index is 0.243. The van der Waals surface area contributed by atoms with Crippen LogP contribution in [0, 0.1) is 20.2 Å². The smallest absolute Gasteiger partial charge is 0.277 e. The lowest BCUT2D eigenvalue weighted by Gasteiger charge is -2.23. The van der Waals surface area contributed by atoms with Gasteiger partial charge in [-0.25, -0.2) is 0 Å². The van der Waals surface area contributed by atoms with Crippen molar-refractivity contribution in [3.05, 3.63) is 117 Å². The molecule has 152 valence electrons. The summed E-state index contributed by atoms with van der Waals surface area (Å²) in [6, 6.07) is 24.8. The van der Waals surface area contributed by atoms with Crippen molar-refractivity contribution in [3.8, 4) is 0 Å². The largest absolute Gasteiger partial charge is 0.289 e. The Morgan fingerprint density at radius 1 is 0.677 bits per heavy atom. The van der Waals surface area contributed by atoms with Crippen molar-refractivity contribution in [2.24, 2.45) is 0 Å². The standard InChI is InChI=1S/C23H15N3O5/c27-23(21-13-12-20(25(28)29)15-22(21)26(30)31)24(18-8-2-1-3-9-18)19-11-10-16-6-4-5-7-17(16)14-19/h1-15H.